The van der Waals surface area contributed by atoms with E-state index in [1.807, 2.05) is 0 Å². The molecule has 3 heteroatoms. The molecule has 0 heterocycles. The summed E-state index contributed by atoms with van der Waals surface area (Å²) in [5.41, 5.74) is 2.46. The number of unbranched alkanes of at least 4 members (excludes halogenated alkanes) is 1. The second kappa shape index (κ2) is 5.77. The third-order valence-corrected chi connectivity index (χ3v) is 1.87. The van der Waals surface area contributed by atoms with Crippen molar-refractivity contribution >= 4 is 5.91 Å². The van der Waals surface area contributed by atoms with Gasteiger partial charge in [0.2, 0.25) is 0 Å². The van der Waals surface area contributed by atoms with Crippen molar-refractivity contribution in [3.63, 3.8) is 0 Å². The van der Waals surface area contributed by atoms with Gasteiger partial charge in [-0.3, -0.25) is 10.0 Å². The van der Waals surface area contributed by atoms with Gasteiger partial charge in [0, 0.05) is 0 Å². The van der Waals surface area contributed by atoms with E-state index in [-0.39, 0.29) is 11.8 Å². The van der Waals surface area contributed by atoms with Crippen molar-refractivity contribution in [2.45, 2.75) is 33.1 Å². The van der Waals surface area contributed by atoms with Crippen LogP contribution in [0.1, 0.15) is 33.1 Å². The average Bonchev–Trinajstić information content (AvgIpc) is 2.04. The zero-order chi connectivity index (χ0) is 9.56. The molecule has 70 valence electrons. The highest BCUT2D eigenvalue weighted by Gasteiger charge is 2.17. The molecule has 0 saturated heterocycles. The van der Waals surface area contributed by atoms with Crippen LogP contribution < -0.4 is 5.48 Å². The zero-order valence-corrected chi connectivity index (χ0v) is 7.76. The maximum atomic E-state index is 11.0. The molecule has 0 aliphatic carbocycles. The molecule has 0 bridgehead atoms. The number of carbonyl (C=O) groups is 1. The minimum Gasteiger partial charge on any atom is -0.289 e. The first kappa shape index (κ1) is 11.2. The molecule has 0 saturated carbocycles. The van der Waals surface area contributed by atoms with E-state index in [0.29, 0.717) is 0 Å². The zero-order valence-electron chi connectivity index (χ0n) is 7.76. The molecular weight excluding hydrogens is 154 g/mol. The van der Waals surface area contributed by atoms with Crippen LogP contribution in [0.4, 0.5) is 0 Å². The lowest BCUT2D eigenvalue weighted by Gasteiger charge is -2.13. The van der Waals surface area contributed by atoms with Crippen LogP contribution in [0.25, 0.3) is 0 Å². The first-order valence-corrected chi connectivity index (χ1v) is 4.22. The largest absolute Gasteiger partial charge is 0.289 e. The smallest absolute Gasteiger partial charge is 0.250 e. The van der Waals surface area contributed by atoms with Gasteiger partial charge in [-0.25, -0.2) is 5.48 Å². The van der Waals surface area contributed by atoms with Crippen molar-refractivity contribution in [3.05, 3.63) is 12.2 Å². The molecule has 3 nitrogen and oxygen atoms in total. The fourth-order valence-electron chi connectivity index (χ4n) is 1.09. The number of amides is 1. The van der Waals surface area contributed by atoms with Crippen molar-refractivity contribution in [2.24, 2.45) is 5.92 Å². The molecule has 0 spiro atoms. The number of hydroxylamine groups is 1. The van der Waals surface area contributed by atoms with Gasteiger partial charge in [-0.1, -0.05) is 31.9 Å². The van der Waals surface area contributed by atoms with Crippen LogP contribution in [0.5, 0.6) is 0 Å². The predicted molar refractivity (Wildman–Crippen MR) is 47.8 cm³/mol. The van der Waals surface area contributed by atoms with Crippen LogP contribution in [0.15, 0.2) is 12.2 Å². The quantitative estimate of drug-likeness (QED) is 0.377. The van der Waals surface area contributed by atoms with Crippen molar-refractivity contribution in [1.29, 1.82) is 0 Å². The Bertz CT molecular complexity index is 166. The molecule has 0 aromatic rings. The van der Waals surface area contributed by atoms with Crippen LogP contribution in [-0.2, 0) is 4.79 Å². The number of rotatable bonds is 5. The van der Waals surface area contributed by atoms with Gasteiger partial charge in [0.1, 0.15) is 0 Å². The Labute approximate surface area is 73.4 Å². The van der Waals surface area contributed by atoms with Gasteiger partial charge in [0.15, 0.2) is 0 Å². The Morgan fingerprint density at radius 1 is 1.67 bits per heavy atom. The highest BCUT2D eigenvalue weighted by atomic mass is 16.5. The second-order valence-corrected chi connectivity index (χ2v) is 3.02. The van der Waals surface area contributed by atoms with Gasteiger partial charge < -0.3 is 0 Å². The van der Waals surface area contributed by atoms with Crippen molar-refractivity contribution in [3.8, 4) is 0 Å². The second-order valence-electron chi connectivity index (χ2n) is 3.02. The van der Waals surface area contributed by atoms with E-state index in [2.05, 4.69) is 13.5 Å². The summed E-state index contributed by atoms with van der Waals surface area (Å²) in [6.07, 6.45) is 2.78. The normalized spacial score (nSPS) is 12.2. The van der Waals surface area contributed by atoms with Crippen LogP contribution in [-0.4, -0.2) is 11.1 Å². The third kappa shape index (κ3) is 3.53. The van der Waals surface area contributed by atoms with Crippen molar-refractivity contribution in [2.75, 3.05) is 0 Å². The fourth-order valence-corrected chi connectivity index (χ4v) is 1.09. The number of hydrogen-bond acceptors (Lipinski definition) is 2. The Morgan fingerprint density at radius 3 is 2.58 bits per heavy atom. The highest BCUT2D eigenvalue weighted by molar-refractivity contribution is 5.80. The Morgan fingerprint density at radius 2 is 2.25 bits per heavy atom. The van der Waals surface area contributed by atoms with Crippen LogP contribution in [0, 0.1) is 5.92 Å². The monoisotopic (exact) mass is 171 g/mol. The Balaban J connectivity index is 4.04. The van der Waals surface area contributed by atoms with Crippen molar-refractivity contribution in [1.82, 2.24) is 5.48 Å². The topological polar surface area (TPSA) is 49.3 Å². The van der Waals surface area contributed by atoms with E-state index < -0.39 is 0 Å². The van der Waals surface area contributed by atoms with Crippen LogP contribution in [0.2, 0.25) is 0 Å². The first-order chi connectivity index (χ1) is 5.63. The third-order valence-electron chi connectivity index (χ3n) is 1.87. The lowest BCUT2D eigenvalue weighted by molar-refractivity contribution is -0.132. The minimum atomic E-state index is -0.351. The predicted octanol–water partition coefficient (Wildman–Crippen LogP) is 1.87. The average molecular weight is 171 g/mol. The summed E-state index contributed by atoms with van der Waals surface area (Å²) in [6, 6.07) is 0. The van der Waals surface area contributed by atoms with Gasteiger partial charge >= 0.3 is 0 Å². The summed E-state index contributed by atoms with van der Waals surface area (Å²) >= 11 is 0. The number of carbonyl (C=O) groups excluding carboxylic acids is 1. The molecule has 1 amide bonds. The molecule has 0 aliphatic heterocycles. The van der Waals surface area contributed by atoms with Gasteiger partial charge in [-0.15, -0.1) is 0 Å². The minimum absolute atomic E-state index is 0.241. The first-order valence-electron chi connectivity index (χ1n) is 4.22. The van der Waals surface area contributed by atoms with E-state index in [1.165, 1.54) is 0 Å². The van der Waals surface area contributed by atoms with Crippen LogP contribution in [0.3, 0.4) is 0 Å². The van der Waals surface area contributed by atoms with Gasteiger partial charge in [0.05, 0.1) is 5.92 Å². The summed E-state index contributed by atoms with van der Waals surface area (Å²) < 4.78 is 0. The number of hydrogen-bond donors (Lipinski definition) is 2. The highest BCUT2D eigenvalue weighted by Crippen LogP contribution is 2.16. The van der Waals surface area contributed by atoms with Gasteiger partial charge in [-0.2, -0.15) is 0 Å². The lowest BCUT2D eigenvalue weighted by atomic mass is 9.95. The van der Waals surface area contributed by atoms with Gasteiger partial charge in [0.25, 0.3) is 5.91 Å². The van der Waals surface area contributed by atoms with Crippen molar-refractivity contribution < 1.29 is 10.0 Å². The summed E-state index contributed by atoms with van der Waals surface area (Å²) in [5.74, 6) is -0.592. The molecule has 12 heavy (non-hydrogen) atoms. The summed E-state index contributed by atoms with van der Waals surface area (Å²) in [5, 5.41) is 8.41. The van der Waals surface area contributed by atoms with Gasteiger partial charge in [-0.05, 0) is 13.3 Å². The Kier molecular flexibility index (Phi) is 5.37. The maximum absolute atomic E-state index is 11.0. The van der Waals surface area contributed by atoms with E-state index in [9.17, 15) is 4.79 Å². The van der Waals surface area contributed by atoms with E-state index in [0.717, 1.165) is 24.8 Å². The molecule has 0 radical (unpaired) electrons. The molecule has 1 atom stereocenters. The molecule has 0 rings (SSSR count). The standard InChI is InChI=1S/C9H17NO2/c1-4-5-6-8(7(2)3)9(11)10-12/h8,12H,2,4-6H2,1,3H3,(H,10,11). The van der Waals surface area contributed by atoms with E-state index >= 15 is 0 Å². The van der Waals surface area contributed by atoms with E-state index in [1.54, 1.807) is 12.4 Å². The fraction of sp³-hybridized carbons (Fsp3) is 0.667. The van der Waals surface area contributed by atoms with Crippen LogP contribution >= 0.6 is 0 Å². The number of nitrogens with one attached hydrogen (secondary N) is 1. The SMILES string of the molecule is C=C(C)C(CCCC)C(=O)NO. The lowest BCUT2D eigenvalue weighted by Crippen LogP contribution is -2.28. The molecule has 0 aliphatic rings. The summed E-state index contributed by atoms with van der Waals surface area (Å²) in [6.45, 7) is 7.57. The molecule has 0 aromatic carbocycles. The summed E-state index contributed by atoms with van der Waals surface area (Å²) in [7, 11) is 0. The maximum Gasteiger partial charge on any atom is 0.250 e. The Hall–Kier alpha value is -0.830. The molecular formula is C9H17NO2. The summed E-state index contributed by atoms with van der Waals surface area (Å²) in [4.78, 5) is 11.0. The molecule has 0 fully saturated rings. The molecule has 2 N–H and O–H groups in total. The molecule has 0 aromatic heterocycles. The van der Waals surface area contributed by atoms with E-state index in [4.69, 9.17) is 5.21 Å². The molecule has 1 unspecified atom stereocenters.